The van der Waals surface area contributed by atoms with Crippen LogP contribution in [0.15, 0.2) is 24.4 Å². The molecule has 0 saturated carbocycles. The summed E-state index contributed by atoms with van der Waals surface area (Å²) in [5, 5.41) is 11.2. The first kappa shape index (κ1) is 18.8. The lowest BCUT2D eigenvalue weighted by molar-refractivity contribution is -0.122. The SMILES string of the molecule is CC(C)N1CCC(NC(=O)Cn2cc(-c3ccc(Cl)cc3F)nn2)CC1. The van der Waals surface area contributed by atoms with E-state index < -0.39 is 5.82 Å². The van der Waals surface area contributed by atoms with Crippen LogP contribution in [0, 0.1) is 5.82 Å². The topological polar surface area (TPSA) is 63.1 Å². The van der Waals surface area contributed by atoms with Crippen LogP contribution in [-0.2, 0) is 11.3 Å². The van der Waals surface area contributed by atoms with Gasteiger partial charge in [-0.15, -0.1) is 5.10 Å². The van der Waals surface area contributed by atoms with Crippen LogP contribution in [0.25, 0.3) is 11.3 Å². The Morgan fingerprint density at radius 2 is 2.12 bits per heavy atom. The second-order valence-electron chi connectivity index (χ2n) is 6.90. The molecular weight excluding hydrogens is 357 g/mol. The highest BCUT2D eigenvalue weighted by Gasteiger charge is 2.22. The maximum Gasteiger partial charge on any atom is 0.242 e. The summed E-state index contributed by atoms with van der Waals surface area (Å²) in [6.07, 6.45) is 3.46. The normalized spacial score (nSPS) is 16.2. The van der Waals surface area contributed by atoms with E-state index >= 15 is 0 Å². The first-order valence-electron chi connectivity index (χ1n) is 8.81. The molecule has 1 aliphatic rings. The maximum atomic E-state index is 14.0. The van der Waals surface area contributed by atoms with Crippen LogP contribution < -0.4 is 5.32 Å². The molecule has 1 amide bonds. The smallest absolute Gasteiger partial charge is 0.242 e. The molecule has 26 heavy (non-hydrogen) atoms. The fraction of sp³-hybridized carbons (Fsp3) is 0.500. The van der Waals surface area contributed by atoms with E-state index in [0.717, 1.165) is 25.9 Å². The zero-order valence-corrected chi connectivity index (χ0v) is 15.7. The van der Waals surface area contributed by atoms with Crippen molar-refractivity contribution in [3.63, 3.8) is 0 Å². The third kappa shape index (κ3) is 4.59. The number of carbonyl (C=O) groups excluding carboxylic acids is 1. The Morgan fingerprint density at radius 1 is 1.38 bits per heavy atom. The Kier molecular flexibility index (Phi) is 5.88. The fourth-order valence-electron chi connectivity index (χ4n) is 3.18. The average Bonchev–Trinajstić information content (AvgIpc) is 3.03. The van der Waals surface area contributed by atoms with Gasteiger partial charge in [-0.1, -0.05) is 16.8 Å². The van der Waals surface area contributed by atoms with Crippen molar-refractivity contribution >= 4 is 17.5 Å². The Bertz CT molecular complexity index is 771. The number of hydrogen-bond acceptors (Lipinski definition) is 4. The van der Waals surface area contributed by atoms with Gasteiger partial charge in [0.2, 0.25) is 5.91 Å². The van der Waals surface area contributed by atoms with Crippen LogP contribution in [0.4, 0.5) is 4.39 Å². The minimum Gasteiger partial charge on any atom is -0.352 e. The van der Waals surface area contributed by atoms with Gasteiger partial charge in [-0.3, -0.25) is 4.79 Å². The summed E-state index contributed by atoms with van der Waals surface area (Å²) in [7, 11) is 0. The van der Waals surface area contributed by atoms with Crippen LogP contribution in [0.2, 0.25) is 5.02 Å². The zero-order chi connectivity index (χ0) is 18.7. The predicted molar refractivity (Wildman–Crippen MR) is 98.3 cm³/mol. The average molecular weight is 380 g/mol. The van der Waals surface area contributed by atoms with Gasteiger partial charge in [-0.2, -0.15) is 0 Å². The molecule has 0 aliphatic carbocycles. The lowest BCUT2D eigenvalue weighted by atomic mass is 10.0. The third-order valence-corrected chi connectivity index (χ3v) is 4.91. The minimum absolute atomic E-state index is 0.0621. The van der Waals surface area contributed by atoms with Gasteiger partial charge in [-0.25, -0.2) is 9.07 Å². The fourth-order valence-corrected chi connectivity index (χ4v) is 3.34. The highest BCUT2D eigenvalue weighted by atomic mass is 35.5. The van der Waals surface area contributed by atoms with E-state index in [-0.39, 0.29) is 18.5 Å². The number of carbonyl (C=O) groups is 1. The highest BCUT2D eigenvalue weighted by molar-refractivity contribution is 6.30. The number of hydrogen-bond donors (Lipinski definition) is 1. The Morgan fingerprint density at radius 3 is 2.77 bits per heavy atom. The van der Waals surface area contributed by atoms with E-state index in [1.807, 2.05) is 0 Å². The van der Waals surface area contributed by atoms with Crippen molar-refractivity contribution in [3.8, 4) is 11.3 Å². The van der Waals surface area contributed by atoms with E-state index in [2.05, 4.69) is 34.4 Å². The van der Waals surface area contributed by atoms with Gasteiger partial charge in [0.05, 0.1) is 6.20 Å². The van der Waals surface area contributed by atoms with Crippen molar-refractivity contribution in [2.75, 3.05) is 13.1 Å². The van der Waals surface area contributed by atoms with Crippen molar-refractivity contribution in [2.45, 2.75) is 45.3 Å². The van der Waals surface area contributed by atoms with Crippen LogP contribution in [0.3, 0.4) is 0 Å². The molecule has 140 valence electrons. The lowest BCUT2D eigenvalue weighted by Gasteiger charge is -2.34. The molecule has 0 unspecified atom stereocenters. The van der Waals surface area contributed by atoms with Crippen LogP contribution in [0.1, 0.15) is 26.7 Å². The molecule has 1 fully saturated rings. The van der Waals surface area contributed by atoms with Crippen molar-refractivity contribution in [1.29, 1.82) is 0 Å². The largest absolute Gasteiger partial charge is 0.352 e. The number of halogens is 2. The molecule has 1 aliphatic heterocycles. The number of likely N-dealkylation sites (tertiary alicyclic amines) is 1. The Labute approximate surface area is 157 Å². The molecule has 3 rings (SSSR count). The van der Waals surface area contributed by atoms with Crippen LogP contribution in [-0.4, -0.2) is 51.0 Å². The molecule has 6 nitrogen and oxygen atoms in total. The number of piperidine rings is 1. The number of nitrogens with zero attached hydrogens (tertiary/aromatic N) is 4. The van der Waals surface area contributed by atoms with Gasteiger partial charge >= 0.3 is 0 Å². The summed E-state index contributed by atoms with van der Waals surface area (Å²) >= 11 is 5.76. The van der Waals surface area contributed by atoms with Crippen molar-refractivity contribution in [1.82, 2.24) is 25.2 Å². The summed E-state index contributed by atoms with van der Waals surface area (Å²) in [6, 6.07) is 5.10. The number of nitrogens with one attached hydrogen (secondary N) is 1. The van der Waals surface area contributed by atoms with Gasteiger partial charge in [0.1, 0.15) is 18.1 Å². The van der Waals surface area contributed by atoms with Gasteiger partial charge in [0.15, 0.2) is 0 Å². The monoisotopic (exact) mass is 379 g/mol. The van der Waals surface area contributed by atoms with E-state index in [0.29, 0.717) is 22.3 Å². The number of aromatic nitrogens is 3. The van der Waals surface area contributed by atoms with E-state index in [1.54, 1.807) is 18.3 Å². The van der Waals surface area contributed by atoms with Crippen molar-refractivity contribution in [3.05, 3.63) is 35.2 Å². The second-order valence-corrected chi connectivity index (χ2v) is 7.33. The van der Waals surface area contributed by atoms with Crippen molar-refractivity contribution < 1.29 is 9.18 Å². The van der Waals surface area contributed by atoms with E-state index in [1.165, 1.54) is 10.7 Å². The summed E-state index contributed by atoms with van der Waals surface area (Å²) in [6.45, 7) is 6.42. The van der Waals surface area contributed by atoms with Gasteiger partial charge in [-0.05, 0) is 44.9 Å². The second kappa shape index (κ2) is 8.14. The molecule has 2 heterocycles. The molecule has 0 radical (unpaired) electrons. The van der Waals surface area contributed by atoms with E-state index in [9.17, 15) is 9.18 Å². The molecule has 1 saturated heterocycles. The molecule has 1 aromatic carbocycles. The minimum atomic E-state index is -0.467. The number of amides is 1. The Hall–Kier alpha value is -1.99. The molecule has 0 bridgehead atoms. The quantitative estimate of drug-likeness (QED) is 0.867. The molecule has 0 spiro atoms. The molecule has 1 aromatic heterocycles. The lowest BCUT2D eigenvalue weighted by Crippen LogP contribution is -2.47. The third-order valence-electron chi connectivity index (χ3n) is 4.68. The number of benzene rings is 1. The van der Waals surface area contributed by atoms with Gasteiger partial charge in [0.25, 0.3) is 0 Å². The number of rotatable bonds is 5. The zero-order valence-electron chi connectivity index (χ0n) is 15.0. The highest BCUT2D eigenvalue weighted by Crippen LogP contribution is 2.23. The molecule has 1 N–H and O–H groups in total. The van der Waals surface area contributed by atoms with Crippen LogP contribution >= 0.6 is 11.6 Å². The summed E-state index contributed by atoms with van der Waals surface area (Å²) in [5.41, 5.74) is 0.680. The van der Waals surface area contributed by atoms with Gasteiger partial charge in [0, 0.05) is 35.8 Å². The summed E-state index contributed by atoms with van der Waals surface area (Å²) < 4.78 is 15.4. The van der Waals surface area contributed by atoms with Crippen LogP contribution in [0.5, 0.6) is 0 Å². The molecule has 0 atom stereocenters. The molecule has 2 aromatic rings. The van der Waals surface area contributed by atoms with Gasteiger partial charge < -0.3 is 10.2 Å². The Balaban J connectivity index is 1.55. The predicted octanol–water partition coefficient (Wildman–Crippen LogP) is 2.73. The maximum absolute atomic E-state index is 14.0. The van der Waals surface area contributed by atoms with E-state index in [4.69, 9.17) is 11.6 Å². The standard InChI is InChI=1S/C18H23ClFN5O/c1-12(2)24-7-5-14(6-8-24)21-18(26)11-25-10-17(22-23-25)15-4-3-13(19)9-16(15)20/h3-4,9-10,12,14H,5-8,11H2,1-2H3,(H,21,26). The summed E-state index contributed by atoms with van der Waals surface area (Å²) in [5.74, 6) is -0.577. The molecule has 8 heteroatoms. The summed E-state index contributed by atoms with van der Waals surface area (Å²) in [4.78, 5) is 14.7. The van der Waals surface area contributed by atoms with Crippen molar-refractivity contribution in [2.24, 2.45) is 0 Å². The molecular formula is C18H23ClFN5O. The first-order valence-corrected chi connectivity index (χ1v) is 9.19. The first-order chi connectivity index (χ1) is 12.4.